The van der Waals surface area contributed by atoms with Crippen LogP contribution in [0.25, 0.3) is 66.1 Å². The van der Waals surface area contributed by atoms with E-state index in [1.54, 1.807) is 0 Å². The van der Waals surface area contributed by atoms with E-state index in [4.69, 9.17) is 4.74 Å². The molecular weight excluding hydrogens is 508 g/mol. The lowest BCUT2D eigenvalue weighted by Gasteiger charge is -2.24. The first-order valence-corrected chi connectivity index (χ1v) is 14.7. The zero-order chi connectivity index (χ0) is 28.0. The van der Waals surface area contributed by atoms with Crippen LogP contribution in [0.2, 0.25) is 0 Å². The third-order valence-corrected chi connectivity index (χ3v) is 9.47. The van der Waals surface area contributed by atoms with Crippen molar-refractivity contribution in [1.82, 2.24) is 0 Å². The third kappa shape index (κ3) is 3.19. The van der Waals surface area contributed by atoms with Crippen molar-refractivity contribution in [2.45, 2.75) is 19.3 Å². The molecule has 2 aliphatic rings. The van der Waals surface area contributed by atoms with Gasteiger partial charge in [-0.25, -0.2) is 0 Å². The second kappa shape index (κ2) is 8.44. The first-order valence-electron chi connectivity index (χ1n) is 14.7. The second-order valence-corrected chi connectivity index (χ2v) is 12.1. The molecule has 0 saturated carbocycles. The van der Waals surface area contributed by atoms with Crippen molar-refractivity contribution < 1.29 is 4.74 Å². The smallest absolute Gasteiger partial charge is 0.135 e. The molecule has 0 amide bonds. The number of ether oxygens (including phenoxy) is 1. The second-order valence-electron chi connectivity index (χ2n) is 12.1. The predicted octanol–water partition coefficient (Wildman–Crippen LogP) is 11.4. The quantitative estimate of drug-likeness (QED) is 0.213. The lowest BCUT2D eigenvalue weighted by Crippen LogP contribution is -2.15. The average molecular weight is 537 g/mol. The van der Waals surface area contributed by atoms with Crippen molar-refractivity contribution in [2.24, 2.45) is 0 Å². The molecule has 1 heteroatoms. The van der Waals surface area contributed by atoms with E-state index in [-0.39, 0.29) is 5.41 Å². The van der Waals surface area contributed by atoms with Crippen molar-refractivity contribution in [2.75, 3.05) is 0 Å². The van der Waals surface area contributed by atoms with Gasteiger partial charge in [0.15, 0.2) is 0 Å². The minimum Gasteiger partial charge on any atom is -0.456 e. The van der Waals surface area contributed by atoms with Gasteiger partial charge in [-0.1, -0.05) is 117 Å². The Morgan fingerprint density at radius 2 is 1.14 bits per heavy atom. The van der Waals surface area contributed by atoms with Gasteiger partial charge in [0, 0.05) is 16.4 Å². The Morgan fingerprint density at radius 1 is 0.429 bits per heavy atom. The van der Waals surface area contributed by atoms with E-state index in [1.165, 1.54) is 71.6 Å². The van der Waals surface area contributed by atoms with Crippen LogP contribution in [-0.4, -0.2) is 0 Å². The van der Waals surface area contributed by atoms with E-state index in [9.17, 15) is 0 Å². The molecule has 9 rings (SSSR count). The van der Waals surface area contributed by atoms with Gasteiger partial charge < -0.3 is 4.74 Å². The highest BCUT2D eigenvalue weighted by atomic mass is 16.5. The predicted molar refractivity (Wildman–Crippen MR) is 175 cm³/mol. The molecule has 0 radical (unpaired) electrons. The van der Waals surface area contributed by atoms with Crippen molar-refractivity contribution in [3.8, 4) is 56.0 Å². The van der Waals surface area contributed by atoms with Crippen LogP contribution in [0.1, 0.15) is 25.0 Å². The van der Waals surface area contributed by atoms with Gasteiger partial charge in [-0.3, -0.25) is 0 Å². The molecular formula is C41H28O. The van der Waals surface area contributed by atoms with Gasteiger partial charge in [0.25, 0.3) is 0 Å². The fourth-order valence-electron chi connectivity index (χ4n) is 7.38. The van der Waals surface area contributed by atoms with Crippen LogP contribution in [0, 0.1) is 0 Å². The Bertz CT molecular complexity index is 2240. The summed E-state index contributed by atoms with van der Waals surface area (Å²) in [4.78, 5) is 0. The molecule has 1 heterocycles. The zero-order valence-electron chi connectivity index (χ0n) is 23.6. The molecule has 42 heavy (non-hydrogen) atoms. The minimum atomic E-state index is -0.105. The molecule has 0 N–H and O–H groups in total. The van der Waals surface area contributed by atoms with Crippen molar-refractivity contribution in [1.29, 1.82) is 0 Å². The SMILES string of the molecule is CC1(C)c2cc(-c3ccc4c5c(cccc35)-c3ccccc3O4)ccc2-c2cc3c(-c4ccccc4)cccc3cc21. The van der Waals surface area contributed by atoms with Gasteiger partial charge in [0.2, 0.25) is 0 Å². The highest BCUT2D eigenvalue weighted by Gasteiger charge is 2.36. The van der Waals surface area contributed by atoms with Crippen LogP contribution in [-0.2, 0) is 5.41 Å². The Kier molecular flexibility index (Phi) is 4.73. The van der Waals surface area contributed by atoms with Gasteiger partial charge in [-0.2, -0.15) is 0 Å². The number of rotatable bonds is 2. The summed E-state index contributed by atoms with van der Waals surface area (Å²) in [6, 6.07) is 48.7. The van der Waals surface area contributed by atoms with Crippen molar-refractivity contribution in [3.05, 3.63) is 145 Å². The summed E-state index contributed by atoms with van der Waals surface area (Å²) in [6.45, 7) is 4.74. The highest BCUT2D eigenvalue weighted by molar-refractivity contribution is 6.10. The summed E-state index contributed by atoms with van der Waals surface area (Å²) in [7, 11) is 0. The highest BCUT2D eigenvalue weighted by Crippen LogP contribution is 2.53. The van der Waals surface area contributed by atoms with Gasteiger partial charge in [-0.05, 0) is 96.6 Å². The van der Waals surface area contributed by atoms with Crippen molar-refractivity contribution in [3.63, 3.8) is 0 Å². The Labute approximate surface area is 245 Å². The molecule has 0 atom stereocenters. The van der Waals surface area contributed by atoms with Crippen LogP contribution >= 0.6 is 0 Å². The van der Waals surface area contributed by atoms with E-state index in [0.717, 1.165) is 17.1 Å². The number of para-hydroxylation sites is 1. The number of benzene rings is 7. The monoisotopic (exact) mass is 536 g/mol. The molecule has 0 unspecified atom stereocenters. The Morgan fingerprint density at radius 3 is 2.05 bits per heavy atom. The van der Waals surface area contributed by atoms with Gasteiger partial charge in [-0.15, -0.1) is 0 Å². The summed E-state index contributed by atoms with van der Waals surface area (Å²) < 4.78 is 6.37. The van der Waals surface area contributed by atoms with Gasteiger partial charge in [0.1, 0.15) is 11.5 Å². The molecule has 0 aromatic heterocycles. The standard InChI is InChI=1S/C41H28O/c1-41(2)36-23-27(29-20-21-39-40-32(29)15-9-16-33(40)31-13-6-7-17-38(31)42-39)18-19-30(36)35-24-34-26(22-37(35)41)12-8-14-28(34)25-10-4-3-5-11-25/h3-24H,1-2H3. The summed E-state index contributed by atoms with van der Waals surface area (Å²) in [5.41, 5.74) is 12.8. The summed E-state index contributed by atoms with van der Waals surface area (Å²) in [6.07, 6.45) is 0. The van der Waals surface area contributed by atoms with Crippen LogP contribution in [0.4, 0.5) is 0 Å². The normalized spacial score (nSPS) is 13.9. The molecule has 7 aromatic rings. The van der Waals surface area contributed by atoms with E-state index in [2.05, 4.69) is 141 Å². The Balaban J connectivity index is 1.23. The maximum absolute atomic E-state index is 6.37. The lowest BCUT2D eigenvalue weighted by atomic mass is 9.80. The third-order valence-electron chi connectivity index (χ3n) is 9.47. The molecule has 0 fully saturated rings. The average Bonchev–Trinajstić information content (AvgIpc) is 3.25. The van der Waals surface area contributed by atoms with E-state index in [1.807, 2.05) is 6.07 Å². The summed E-state index contributed by atoms with van der Waals surface area (Å²) in [5, 5.41) is 5.02. The molecule has 7 aromatic carbocycles. The molecule has 0 spiro atoms. The maximum atomic E-state index is 6.37. The molecule has 198 valence electrons. The van der Waals surface area contributed by atoms with E-state index < -0.39 is 0 Å². The fourth-order valence-corrected chi connectivity index (χ4v) is 7.38. The Hall–Kier alpha value is -5.14. The molecule has 0 bridgehead atoms. The van der Waals surface area contributed by atoms with Crippen LogP contribution < -0.4 is 4.74 Å². The van der Waals surface area contributed by atoms with Gasteiger partial charge >= 0.3 is 0 Å². The summed E-state index contributed by atoms with van der Waals surface area (Å²) in [5.74, 6) is 1.85. The van der Waals surface area contributed by atoms with Crippen LogP contribution in [0.5, 0.6) is 11.5 Å². The molecule has 0 saturated heterocycles. The van der Waals surface area contributed by atoms with Crippen LogP contribution in [0.3, 0.4) is 0 Å². The first kappa shape index (κ1) is 23.6. The first-order chi connectivity index (χ1) is 20.6. The van der Waals surface area contributed by atoms with Crippen LogP contribution in [0.15, 0.2) is 133 Å². The zero-order valence-corrected chi connectivity index (χ0v) is 23.6. The summed E-state index contributed by atoms with van der Waals surface area (Å²) >= 11 is 0. The van der Waals surface area contributed by atoms with E-state index in [0.29, 0.717) is 0 Å². The fraction of sp³-hybridized carbons (Fsp3) is 0.0732. The minimum absolute atomic E-state index is 0.105. The maximum Gasteiger partial charge on any atom is 0.135 e. The lowest BCUT2D eigenvalue weighted by molar-refractivity contribution is 0.487. The number of hydrogen-bond acceptors (Lipinski definition) is 1. The number of hydrogen-bond donors (Lipinski definition) is 0. The molecule has 1 aliphatic heterocycles. The molecule has 1 aliphatic carbocycles. The van der Waals surface area contributed by atoms with Crippen molar-refractivity contribution >= 4 is 21.5 Å². The number of fused-ring (bicyclic) bond motifs is 6. The van der Waals surface area contributed by atoms with E-state index >= 15 is 0 Å². The topological polar surface area (TPSA) is 9.23 Å². The van der Waals surface area contributed by atoms with Gasteiger partial charge in [0.05, 0.1) is 0 Å². The largest absolute Gasteiger partial charge is 0.456 e. The molecule has 1 nitrogen and oxygen atoms in total.